The molecule has 4 nitrogen and oxygen atoms in total. The zero-order chi connectivity index (χ0) is 13.2. The molecule has 0 unspecified atom stereocenters. The third-order valence-electron chi connectivity index (χ3n) is 4.17. The van der Waals surface area contributed by atoms with Crippen LogP contribution in [0.5, 0.6) is 0 Å². The molecule has 0 atom stereocenters. The highest BCUT2D eigenvalue weighted by Gasteiger charge is 2.19. The monoisotopic (exact) mass is 259 g/mol. The Morgan fingerprint density at radius 2 is 1.84 bits per heavy atom. The summed E-state index contributed by atoms with van der Waals surface area (Å²) in [5.74, 6) is 0. The summed E-state index contributed by atoms with van der Waals surface area (Å²) in [4.78, 5) is 17.5. The van der Waals surface area contributed by atoms with E-state index in [0.29, 0.717) is 0 Å². The van der Waals surface area contributed by atoms with Crippen molar-refractivity contribution in [1.82, 2.24) is 14.7 Å². The number of piperazine rings is 1. The molecule has 3 rings (SSSR count). The molecular weight excluding hydrogens is 238 g/mol. The van der Waals surface area contributed by atoms with Gasteiger partial charge in [0.2, 0.25) is 6.41 Å². The van der Waals surface area contributed by atoms with Gasteiger partial charge in [0.1, 0.15) is 0 Å². The van der Waals surface area contributed by atoms with E-state index in [0.717, 1.165) is 52.2 Å². The molecule has 19 heavy (non-hydrogen) atoms. The van der Waals surface area contributed by atoms with Gasteiger partial charge < -0.3 is 9.80 Å². The fourth-order valence-corrected chi connectivity index (χ4v) is 2.91. The first-order chi connectivity index (χ1) is 9.24. The fourth-order valence-electron chi connectivity index (χ4n) is 2.91. The number of carbonyl (C=O) groups excluding carboxylic acids is 1. The van der Waals surface area contributed by atoms with Crippen LogP contribution in [-0.4, -0.2) is 54.3 Å². The second-order valence-corrected chi connectivity index (χ2v) is 5.69. The number of likely N-dealkylation sites (N-methyl/N-ethyl adjacent to an activating group) is 1. The fraction of sp³-hybridized carbons (Fsp3) is 0.533. The van der Waals surface area contributed by atoms with Gasteiger partial charge in [0, 0.05) is 45.8 Å². The summed E-state index contributed by atoms with van der Waals surface area (Å²) in [6.07, 6.45) is 0.945. The molecule has 0 aliphatic carbocycles. The zero-order valence-electron chi connectivity index (χ0n) is 11.5. The summed E-state index contributed by atoms with van der Waals surface area (Å²) in [5.41, 5.74) is 3.99. The second-order valence-electron chi connectivity index (χ2n) is 5.69. The highest BCUT2D eigenvalue weighted by atomic mass is 16.1. The Morgan fingerprint density at radius 1 is 1.11 bits per heavy atom. The van der Waals surface area contributed by atoms with Crippen molar-refractivity contribution in [3.8, 4) is 0 Å². The minimum absolute atomic E-state index is 0.771. The summed E-state index contributed by atoms with van der Waals surface area (Å²) in [6, 6.07) is 6.67. The van der Waals surface area contributed by atoms with E-state index in [2.05, 4.69) is 35.0 Å². The molecule has 2 aliphatic rings. The Bertz CT molecular complexity index is 466. The summed E-state index contributed by atoms with van der Waals surface area (Å²) >= 11 is 0. The number of hydrogen-bond donors (Lipinski definition) is 0. The highest BCUT2D eigenvalue weighted by molar-refractivity contribution is 5.51. The second kappa shape index (κ2) is 5.31. The number of carbonyl (C=O) groups is 1. The van der Waals surface area contributed by atoms with Crippen LogP contribution in [0.2, 0.25) is 0 Å². The largest absolute Gasteiger partial charge is 0.337 e. The van der Waals surface area contributed by atoms with E-state index >= 15 is 0 Å². The van der Waals surface area contributed by atoms with Crippen LogP contribution in [0.25, 0.3) is 0 Å². The van der Waals surface area contributed by atoms with Gasteiger partial charge in [-0.1, -0.05) is 18.2 Å². The first-order valence-corrected chi connectivity index (χ1v) is 6.95. The predicted octanol–water partition coefficient (Wildman–Crippen LogP) is 0.906. The van der Waals surface area contributed by atoms with Crippen molar-refractivity contribution >= 4 is 6.41 Å². The number of hydrogen-bond acceptors (Lipinski definition) is 3. The molecule has 0 radical (unpaired) electrons. The molecule has 1 amide bonds. The van der Waals surface area contributed by atoms with Gasteiger partial charge in [-0.05, 0) is 23.7 Å². The van der Waals surface area contributed by atoms with Crippen molar-refractivity contribution in [3.63, 3.8) is 0 Å². The Kier molecular flexibility index (Phi) is 3.53. The van der Waals surface area contributed by atoms with Crippen molar-refractivity contribution in [1.29, 1.82) is 0 Å². The maximum absolute atomic E-state index is 10.8. The molecule has 1 aromatic rings. The maximum Gasteiger partial charge on any atom is 0.210 e. The van der Waals surface area contributed by atoms with E-state index in [9.17, 15) is 4.79 Å². The van der Waals surface area contributed by atoms with Crippen molar-refractivity contribution in [3.05, 3.63) is 34.9 Å². The SMILES string of the molecule is CN1CCN(Cc2ccc3c(c2)CN(C=O)C3)CC1. The zero-order valence-corrected chi connectivity index (χ0v) is 11.5. The Morgan fingerprint density at radius 3 is 2.58 bits per heavy atom. The number of rotatable bonds is 3. The quantitative estimate of drug-likeness (QED) is 0.755. The Balaban J connectivity index is 1.65. The smallest absolute Gasteiger partial charge is 0.210 e. The van der Waals surface area contributed by atoms with E-state index < -0.39 is 0 Å². The summed E-state index contributed by atoms with van der Waals surface area (Å²) in [6.45, 7) is 7.18. The topological polar surface area (TPSA) is 26.8 Å². The third-order valence-corrected chi connectivity index (χ3v) is 4.17. The van der Waals surface area contributed by atoms with Gasteiger partial charge in [-0.2, -0.15) is 0 Å². The average Bonchev–Trinajstić information content (AvgIpc) is 2.83. The standard InChI is InChI=1S/C15H21N3O/c1-16-4-6-17(7-5-16)9-13-2-3-14-10-18(12-19)11-15(14)8-13/h2-3,8,12H,4-7,9-11H2,1H3. The van der Waals surface area contributed by atoms with Crippen LogP contribution in [0.3, 0.4) is 0 Å². The van der Waals surface area contributed by atoms with E-state index in [4.69, 9.17) is 0 Å². The van der Waals surface area contributed by atoms with Crippen molar-refractivity contribution < 1.29 is 4.79 Å². The average molecular weight is 259 g/mol. The van der Waals surface area contributed by atoms with E-state index in [1.807, 2.05) is 4.90 Å². The number of nitrogens with zero attached hydrogens (tertiary/aromatic N) is 3. The number of benzene rings is 1. The summed E-state index contributed by atoms with van der Waals surface area (Å²) < 4.78 is 0. The van der Waals surface area contributed by atoms with Gasteiger partial charge in [0.25, 0.3) is 0 Å². The number of fused-ring (bicyclic) bond motifs is 1. The first-order valence-electron chi connectivity index (χ1n) is 6.95. The molecular formula is C15H21N3O. The van der Waals surface area contributed by atoms with Crippen LogP contribution in [0.15, 0.2) is 18.2 Å². The minimum Gasteiger partial charge on any atom is -0.337 e. The molecule has 0 bridgehead atoms. The van der Waals surface area contributed by atoms with Gasteiger partial charge in [-0.25, -0.2) is 0 Å². The summed E-state index contributed by atoms with van der Waals surface area (Å²) in [7, 11) is 2.18. The molecule has 0 N–H and O–H groups in total. The van der Waals surface area contributed by atoms with Gasteiger partial charge in [-0.15, -0.1) is 0 Å². The molecule has 0 aromatic heterocycles. The molecule has 4 heteroatoms. The molecule has 1 saturated heterocycles. The third kappa shape index (κ3) is 2.80. The lowest BCUT2D eigenvalue weighted by Gasteiger charge is -2.32. The Hall–Kier alpha value is -1.39. The Labute approximate surface area is 114 Å². The lowest BCUT2D eigenvalue weighted by atomic mass is 10.1. The molecule has 2 heterocycles. The molecule has 102 valence electrons. The lowest BCUT2D eigenvalue weighted by molar-refractivity contribution is -0.118. The van der Waals surface area contributed by atoms with E-state index in [1.165, 1.54) is 16.7 Å². The van der Waals surface area contributed by atoms with Crippen LogP contribution in [-0.2, 0) is 24.4 Å². The maximum atomic E-state index is 10.8. The minimum atomic E-state index is 0.771. The molecule has 1 fully saturated rings. The number of amides is 1. The van der Waals surface area contributed by atoms with E-state index in [1.54, 1.807) is 0 Å². The van der Waals surface area contributed by atoms with Gasteiger partial charge in [-0.3, -0.25) is 9.69 Å². The van der Waals surface area contributed by atoms with Crippen LogP contribution in [0.4, 0.5) is 0 Å². The molecule has 1 aromatic carbocycles. The van der Waals surface area contributed by atoms with Gasteiger partial charge >= 0.3 is 0 Å². The van der Waals surface area contributed by atoms with Crippen LogP contribution in [0, 0.1) is 0 Å². The van der Waals surface area contributed by atoms with E-state index in [-0.39, 0.29) is 0 Å². The van der Waals surface area contributed by atoms with Gasteiger partial charge in [0.15, 0.2) is 0 Å². The molecule has 2 aliphatic heterocycles. The molecule has 0 saturated carbocycles. The van der Waals surface area contributed by atoms with Crippen LogP contribution < -0.4 is 0 Å². The highest BCUT2D eigenvalue weighted by Crippen LogP contribution is 2.23. The molecule has 0 spiro atoms. The first kappa shape index (κ1) is 12.6. The van der Waals surface area contributed by atoms with Crippen molar-refractivity contribution in [2.45, 2.75) is 19.6 Å². The van der Waals surface area contributed by atoms with Crippen LogP contribution in [0.1, 0.15) is 16.7 Å². The normalized spacial score (nSPS) is 20.6. The van der Waals surface area contributed by atoms with Gasteiger partial charge in [0.05, 0.1) is 0 Å². The lowest BCUT2D eigenvalue weighted by Crippen LogP contribution is -2.43. The van der Waals surface area contributed by atoms with Crippen molar-refractivity contribution in [2.75, 3.05) is 33.2 Å². The van der Waals surface area contributed by atoms with Crippen molar-refractivity contribution in [2.24, 2.45) is 0 Å². The summed E-state index contributed by atoms with van der Waals surface area (Å²) in [5, 5.41) is 0. The van der Waals surface area contributed by atoms with Crippen LogP contribution >= 0.6 is 0 Å². The predicted molar refractivity (Wildman–Crippen MR) is 74.5 cm³/mol.